The first-order chi connectivity index (χ1) is 35.4. The van der Waals surface area contributed by atoms with Crippen LogP contribution in [0.5, 0.6) is 11.5 Å². The highest BCUT2D eigenvalue weighted by Crippen LogP contribution is 2.46. The van der Waals surface area contributed by atoms with Crippen LogP contribution < -0.4 is 9.47 Å². The number of hydrogen-bond donors (Lipinski definition) is 4. The smallest absolute Gasteiger partial charge is 0.438 e. The van der Waals surface area contributed by atoms with Gasteiger partial charge in [0.2, 0.25) is 0 Å². The number of alkyl halides is 12. The summed E-state index contributed by atoms with van der Waals surface area (Å²) in [5, 5.41) is 37.2. The van der Waals surface area contributed by atoms with Gasteiger partial charge in [-0.3, -0.25) is 0 Å². The van der Waals surface area contributed by atoms with Crippen molar-refractivity contribution in [2.45, 2.75) is 160 Å². The molecule has 1 fully saturated rings. The van der Waals surface area contributed by atoms with E-state index in [1.807, 2.05) is 97.6 Å². The molecule has 1 aliphatic heterocycles. The molecule has 0 amide bonds. The molecule has 4 aromatic rings. The lowest BCUT2D eigenvalue weighted by atomic mass is 9.70. The minimum Gasteiger partial charge on any atom is -0.491 e. The van der Waals surface area contributed by atoms with E-state index in [2.05, 4.69) is 0 Å². The fourth-order valence-electron chi connectivity index (χ4n) is 9.07. The number of aliphatic hydroxyl groups excluding tert-OH is 2. The maximum Gasteiger partial charge on any atom is 0.438 e. The topological polar surface area (TPSA) is 118 Å². The van der Waals surface area contributed by atoms with Gasteiger partial charge in [-0.15, -0.1) is 0 Å². The highest BCUT2D eigenvalue weighted by atomic mass is 19.4. The molecule has 0 saturated carbocycles. The van der Waals surface area contributed by atoms with E-state index in [-0.39, 0.29) is 23.8 Å². The predicted molar refractivity (Wildman–Crippen MR) is 264 cm³/mol. The maximum atomic E-state index is 13.0. The number of aliphatic hydroxyl groups is 4. The van der Waals surface area contributed by atoms with E-state index in [1.165, 1.54) is 19.1 Å². The highest BCUT2D eigenvalue weighted by Gasteiger charge is 2.71. The fourth-order valence-corrected chi connectivity index (χ4v) is 9.07. The van der Waals surface area contributed by atoms with E-state index in [1.54, 1.807) is 37.3 Å². The van der Waals surface area contributed by atoms with Gasteiger partial charge in [-0.1, -0.05) is 88.1 Å². The quantitative estimate of drug-likeness (QED) is 0.0687. The largest absolute Gasteiger partial charge is 0.491 e. The van der Waals surface area contributed by atoms with Gasteiger partial charge in [-0.05, 0) is 148 Å². The lowest BCUT2D eigenvalue weighted by molar-refractivity contribution is -0.344. The van der Waals surface area contributed by atoms with Crippen molar-refractivity contribution in [1.82, 2.24) is 0 Å². The third kappa shape index (κ3) is 14.0. The minimum atomic E-state index is -6.02. The van der Waals surface area contributed by atoms with Crippen molar-refractivity contribution in [3.8, 4) is 35.2 Å². The SMILES string of the molecule is CCC(CC)(c1ccc(C#CC(O)(C(F)(F)F)C(F)(F)F)c(C)c1)c1ccc(OC[C@@H](O)CO)c(C)c1.CCC(CC)(c1ccc(C#CC(O)(C(F)(F)F)C(F)(F)F)c(C)c1)c1ccc(OC[C@@H]2COC(C)(C)O2)c(C)c1. The van der Waals surface area contributed by atoms with E-state index in [0.29, 0.717) is 61.5 Å². The molecular weight excluding hydrogens is 1040 g/mol. The van der Waals surface area contributed by atoms with Crippen LogP contribution in [0.1, 0.15) is 123 Å². The number of hydrogen-bond acceptors (Lipinski definition) is 8. The van der Waals surface area contributed by atoms with E-state index in [9.17, 15) is 68.0 Å². The Kier molecular flexibility index (Phi) is 20.2. The van der Waals surface area contributed by atoms with Crippen molar-refractivity contribution < 1.29 is 92.1 Å². The Balaban J connectivity index is 0.000000334. The first-order valence-corrected chi connectivity index (χ1v) is 24.5. The van der Waals surface area contributed by atoms with Crippen LogP contribution in [0, 0.1) is 51.4 Å². The molecule has 8 nitrogen and oxygen atoms in total. The Labute approximate surface area is 440 Å². The minimum absolute atomic E-state index is 0.0435. The van der Waals surface area contributed by atoms with Gasteiger partial charge in [0.05, 0.1) is 13.2 Å². The van der Waals surface area contributed by atoms with Crippen LogP contribution in [0.15, 0.2) is 72.8 Å². The van der Waals surface area contributed by atoms with Crippen LogP contribution in [-0.2, 0) is 20.3 Å². The zero-order valence-corrected chi connectivity index (χ0v) is 44.2. The summed E-state index contributed by atoms with van der Waals surface area (Å²) in [6, 6.07) is 20.8. The Morgan fingerprint density at radius 1 is 0.558 bits per heavy atom. The molecule has 424 valence electrons. The summed E-state index contributed by atoms with van der Waals surface area (Å²) >= 11 is 0. The van der Waals surface area contributed by atoms with Crippen molar-refractivity contribution >= 4 is 0 Å². The molecule has 0 bridgehead atoms. The molecule has 0 aliphatic carbocycles. The lowest BCUT2D eigenvalue weighted by Crippen LogP contribution is -2.55. The molecule has 0 aromatic heterocycles. The second kappa shape index (κ2) is 24.3. The molecule has 1 saturated heterocycles. The third-order valence-corrected chi connectivity index (χ3v) is 14.0. The lowest BCUT2D eigenvalue weighted by Gasteiger charge is -2.34. The van der Waals surface area contributed by atoms with E-state index >= 15 is 0 Å². The number of halogens is 12. The number of aryl methyl sites for hydroxylation is 4. The summed E-state index contributed by atoms with van der Waals surface area (Å²) in [7, 11) is 0. The second-order valence-corrected chi connectivity index (χ2v) is 19.4. The molecule has 0 unspecified atom stereocenters. The third-order valence-electron chi connectivity index (χ3n) is 14.0. The number of rotatable bonds is 15. The molecule has 0 spiro atoms. The van der Waals surface area contributed by atoms with E-state index < -0.39 is 65.2 Å². The molecule has 1 aliphatic rings. The molecule has 77 heavy (non-hydrogen) atoms. The standard InChI is InChI=1S/C30H34F6O4.C27H30F6O4/c1-7-27(8-2,23-11-12-25(20(4)16-23)38-17-24-18-39-26(5,6)40-24)22-10-9-21(19(3)15-22)13-14-28(37,29(31,32)33)30(34,35)36;1-5-24(6-2,21-9-10-23(18(4)14-21)37-16-22(35)15-34)20-8-7-19(17(3)13-20)11-12-25(36,26(28,29)30)27(31,32)33/h9-12,15-16,24,37H,7-8,17-18H2,1-6H3;7-10,13-14,22,34-36H,5-6,15-16H2,1-4H3/t24-;22-/m10/s1. The van der Waals surface area contributed by atoms with Gasteiger partial charge >= 0.3 is 35.9 Å². The molecule has 2 atom stereocenters. The summed E-state index contributed by atoms with van der Waals surface area (Å²) in [5.74, 6) is 6.38. The van der Waals surface area contributed by atoms with Crippen LogP contribution in [0.2, 0.25) is 0 Å². The Morgan fingerprint density at radius 3 is 1.18 bits per heavy atom. The molecule has 20 heteroatoms. The van der Waals surface area contributed by atoms with Gasteiger partial charge in [0.15, 0.2) is 5.79 Å². The first-order valence-electron chi connectivity index (χ1n) is 24.5. The Hall–Kier alpha value is -5.48. The molecule has 4 aromatic carbocycles. The average Bonchev–Trinajstić information content (AvgIpc) is 3.70. The van der Waals surface area contributed by atoms with Gasteiger partial charge in [0, 0.05) is 22.0 Å². The van der Waals surface area contributed by atoms with Crippen molar-refractivity contribution in [2.75, 3.05) is 26.4 Å². The van der Waals surface area contributed by atoms with Crippen molar-refractivity contribution in [3.63, 3.8) is 0 Å². The normalized spacial score (nSPS) is 15.8. The van der Waals surface area contributed by atoms with Crippen LogP contribution in [0.4, 0.5) is 52.7 Å². The summed E-state index contributed by atoms with van der Waals surface area (Å²) in [6.07, 6.45) is -22.6. The zero-order chi connectivity index (χ0) is 58.4. The van der Waals surface area contributed by atoms with Crippen LogP contribution in [-0.4, -0.2) is 101 Å². The fraction of sp³-hybridized carbons (Fsp3) is 0.509. The molecule has 4 N–H and O–H groups in total. The van der Waals surface area contributed by atoms with Crippen LogP contribution >= 0.6 is 0 Å². The summed E-state index contributed by atoms with van der Waals surface area (Å²) < 4.78 is 179. The second-order valence-electron chi connectivity index (χ2n) is 19.4. The van der Waals surface area contributed by atoms with E-state index in [4.69, 9.17) is 24.1 Å². The summed E-state index contributed by atoms with van der Waals surface area (Å²) in [6.45, 7) is 18.7. The van der Waals surface area contributed by atoms with E-state index in [0.717, 1.165) is 45.2 Å². The predicted octanol–water partition coefficient (Wildman–Crippen LogP) is 12.5. The number of benzene rings is 4. The van der Waals surface area contributed by atoms with Crippen molar-refractivity contribution in [2.24, 2.45) is 0 Å². The van der Waals surface area contributed by atoms with Gasteiger partial charge in [0.25, 0.3) is 0 Å². The maximum absolute atomic E-state index is 13.0. The highest BCUT2D eigenvalue weighted by molar-refractivity contribution is 5.52. The zero-order valence-electron chi connectivity index (χ0n) is 44.2. The Morgan fingerprint density at radius 2 is 0.896 bits per heavy atom. The van der Waals surface area contributed by atoms with Gasteiger partial charge in [-0.25, -0.2) is 0 Å². The van der Waals surface area contributed by atoms with Crippen molar-refractivity contribution in [3.05, 3.63) is 128 Å². The van der Waals surface area contributed by atoms with Gasteiger partial charge < -0.3 is 39.4 Å². The van der Waals surface area contributed by atoms with Gasteiger partial charge in [0.1, 0.15) is 36.9 Å². The van der Waals surface area contributed by atoms with Crippen LogP contribution in [0.25, 0.3) is 0 Å². The summed E-state index contributed by atoms with van der Waals surface area (Å²) in [4.78, 5) is 0. The average molecular weight is 1110 g/mol. The molecule has 5 rings (SSSR count). The molecule has 1 heterocycles. The number of ether oxygens (including phenoxy) is 4. The molecule has 0 radical (unpaired) electrons. The van der Waals surface area contributed by atoms with Crippen LogP contribution in [0.3, 0.4) is 0 Å². The van der Waals surface area contributed by atoms with Crippen molar-refractivity contribution in [1.29, 1.82) is 0 Å². The van der Waals surface area contributed by atoms with Gasteiger partial charge in [-0.2, -0.15) is 52.7 Å². The monoisotopic (exact) mass is 1100 g/mol. The Bertz CT molecular complexity index is 2760. The first kappa shape index (κ1) is 64.0. The summed E-state index contributed by atoms with van der Waals surface area (Å²) in [5.41, 5.74) is -5.40. The molecular formula is C57H64F12O8.